The molecule has 0 saturated carbocycles. The molecule has 32 heavy (non-hydrogen) atoms. The van der Waals surface area contributed by atoms with Crippen molar-refractivity contribution in [2.24, 2.45) is 0 Å². The maximum absolute atomic E-state index is 13.5. The Morgan fingerprint density at radius 1 is 1.00 bits per heavy atom. The smallest absolute Gasteiger partial charge is 0.243 e. The average Bonchev–Trinajstić information content (AvgIpc) is 2.80. The second-order valence-electron chi connectivity index (χ2n) is 7.39. The van der Waals surface area contributed by atoms with Crippen molar-refractivity contribution in [2.45, 2.75) is 25.3 Å². The van der Waals surface area contributed by atoms with Crippen LogP contribution in [0.5, 0.6) is 11.5 Å². The van der Waals surface area contributed by atoms with Gasteiger partial charge in [-0.15, -0.1) is 0 Å². The van der Waals surface area contributed by atoms with Crippen molar-refractivity contribution in [3.63, 3.8) is 0 Å². The number of nitrogens with zero attached hydrogens (tertiary/aromatic N) is 2. The maximum Gasteiger partial charge on any atom is 0.243 e. The van der Waals surface area contributed by atoms with Gasteiger partial charge in [-0.05, 0) is 55.8 Å². The van der Waals surface area contributed by atoms with Gasteiger partial charge in [0.05, 0.1) is 24.7 Å². The molecule has 0 aromatic heterocycles. The van der Waals surface area contributed by atoms with Gasteiger partial charge in [-0.25, -0.2) is 8.42 Å². The first kappa shape index (κ1) is 24.0. The Hall–Kier alpha value is -2.62. The highest BCUT2D eigenvalue weighted by Crippen LogP contribution is 2.23. The van der Waals surface area contributed by atoms with Crippen LogP contribution in [0.2, 0.25) is 0 Å². The van der Waals surface area contributed by atoms with E-state index in [0.717, 1.165) is 5.56 Å². The lowest BCUT2D eigenvalue weighted by atomic mass is 10.2. The molecule has 1 amide bonds. The SMILES string of the molecule is CCOc1ccc(S(=O)(=O)N(CC(=O)N2CCNCC2)Cc2cccc(OCC)c2)cc1. The van der Waals surface area contributed by atoms with Gasteiger partial charge in [0.2, 0.25) is 15.9 Å². The third kappa shape index (κ3) is 6.21. The molecular formula is C23H31N3O5S. The van der Waals surface area contributed by atoms with Gasteiger partial charge in [0.25, 0.3) is 0 Å². The zero-order chi connectivity index (χ0) is 23.0. The van der Waals surface area contributed by atoms with Gasteiger partial charge in [0, 0.05) is 32.7 Å². The Labute approximate surface area is 190 Å². The second-order valence-corrected chi connectivity index (χ2v) is 9.33. The number of carbonyl (C=O) groups is 1. The molecule has 2 aromatic carbocycles. The fourth-order valence-electron chi connectivity index (χ4n) is 3.52. The number of carbonyl (C=O) groups excluding carboxylic acids is 1. The van der Waals surface area contributed by atoms with Crippen molar-refractivity contribution < 1.29 is 22.7 Å². The van der Waals surface area contributed by atoms with Gasteiger partial charge in [0.15, 0.2) is 0 Å². The number of ether oxygens (including phenoxy) is 2. The summed E-state index contributed by atoms with van der Waals surface area (Å²) in [7, 11) is -3.92. The summed E-state index contributed by atoms with van der Waals surface area (Å²) in [6.07, 6.45) is 0. The molecular weight excluding hydrogens is 430 g/mol. The number of hydrogen-bond acceptors (Lipinski definition) is 6. The van der Waals surface area contributed by atoms with Gasteiger partial charge < -0.3 is 19.7 Å². The number of benzene rings is 2. The standard InChI is InChI=1S/C23H31N3O5S/c1-3-30-20-8-10-22(11-9-20)32(28,29)26(18-23(27)25-14-12-24-13-15-25)17-19-6-5-7-21(16-19)31-4-2/h5-11,16,24H,3-4,12-15,17-18H2,1-2H3. The van der Waals surface area contributed by atoms with Gasteiger partial charge >= 0.3 is 0 Å². The van der Waals surface area contributed by atoms with Gasteiger partial charge in [-0.2, -0.15) is 4.31 Å². The van der Waals surface area contributed by atoms with E-state index in [1.807, 2.05) is 32.0 Å². The van der Waals surface area contributed by atoms with Crippen LogP contribution in [0, 0.1) is 0 Å². The van der Waals surface area contributed by atoms with Crippen LogP contribution in [0.4, 0.5) is 0 Å². The molecule has 0 spiro atoms. The summed E-state index contributed by atoms with van der Waals surface area (Å²) >= 11 is 0. The van der Waals surface area contributed by atoms with Crippen molar-refractivity contribution in [1.29, 1.82) is 0 Å². The van der Waals surface area contributed by atoms with Crippen LogP contribution in [-0.4, -0.2) is 69.5 Å². The van der Waals surface area contributed by atoms with Crippen molar-refractivity contribution in [2.75, 3.05) is 45.9 Å². The average molecular weight is 462 g/mol. The normalized spacial score (nSPS) is 14.4. The zero-order valence-corrected chi connectivity index (χ0v) is 19.4. The quantitative estimate of drug-likeness (QED) is 0.583. The minimum absolute atomic E-state index is 0.0638. The van der Waals surface area contributed by atoms with Crippen molar-refractivity contribution in [1.82, 2.24) is 14.5 Å². The molecule has 1 saturated heterocycles. The molecule has 1 heterocycles. The van der Waals surface area contributed by atoms with Crippen molar-refractivity contribution >= 4 is 15.9 Å². The van der Waals surface area contributed by atoms with E-state index in [1.54, 1.807) is 23.1 Å². The third-order valence-electron chi connectivity index (χ3n) is 5.12. The van der Waals surface area contributed by atoms with Crippen molar-refractivity contribution in [3.05, 3.63) is 54.1 Å². The number of piperazine rings is 1. The van der Waals surface area contributed by atoms with Gasteiger partial charge in [0.1, 0.15) is 11.5 Å². The molecule has 1 aliphatic heterocycles. The van der Waals surface area contributed by atoms with Crippen LogP contribution in [0.1, 0.15) is 19.4 Å². The summed E-state index contributed by atoms with van der Waals surface area (Å²) in [6, 6.07) is 13.6. The molecule has 1 fully saturated rings. The maximum atomic E-state index is 13.5. The minimum atomic E-state index is -3.92. The molecule has 174 valence electrons. The zero-order valence-electron chi connectivity index (χ0n) is 18.6. The summed E-state index contributed by atoms with van der Waals surface area (Å²) in [5.74, 6) is 1.05. The fourth-order valence-corrected chi connectivity index (χ4v) is 4.90. The Morgan fingerprint density at radius 2 is 1.66 bits per heavy atom. The summed E-state index contributed by atoms with van der Waals surface area (Å²) in [4.78, 5) is 14.8. The van der Waals surface area contributed by atoms with E-state index in [0.29, 0.717) is 50.9 Å². The number of nitrogens with one attached hydrogen (secondary N) is 1. The van der Waals surface area contributed by atoms with Crippen LogP contribution >= 0.6 is 0 Å². The van der Waals surface area contributed by atoms with Crippen LogP contribution in [0.15, 0.2) is 53.4 Å². The lowest BCUT2D eigenvalue weighted by Crippen LogP contribution is -2.50. The van der Waals surface area contributed by atoms with Gasteiger partial charge in [-0.1, -0.05) is 12.1 Å². The Balaban J connectivity index is 1.87. The molecule has 9 heteroatoms. The van der Waals surface area contributed by atoms with E-state index in [4.69, 9.17) is 9.47 Å². The monoisotopic (exact) mass is 461 g/mol. The van der Waals surface area contributed by atoms with Crippen LogP contribution in [0.25, 0.3) is 0 Å². The first-order valence-corrected chi connectivity index (χ1v) is 12.3. The van der Waals surface area contributed by atoms with E-state index >= 15 is 0 Å². The molecule has 0 bridgehead atoms. The highest BCUT2D eigenvalue weighted by Gasteiger charge is 2.29. The molecule has 0 atom stereocenters. The Kier molecular flexibility index (Phi) is 8.49. The number of sulfonamides is 1. The highest BCUT2D eigenvalue weighted by atomic mass is 32.2. The Bertz CT molecular complexity index is 989. The van der Waals surface area contributed by atoms with Crippen LogP contribution < -0.4 is 14.8 Å². The molecule has 2 aromatic rings. The first-order chi connectivity index (χ1) is 15.4. The highest BCUT2D eigenvalue weighted by molar-refractivity contribution is 7.89. The molecule has 1 aliphatic rings. The van der Waals surface area contributed by atoms with E-state index in [2.05, 4.69) is 5.32 Å². The van der Waals surface area contributed by atoms with E-state index < -0.39 is 10.0 Å². The Morgan fingerprint density at radius 3 is 2.31 bits per heavy atom. The van der Waals surface area contributed by atoms with Crippen LogP contribution in [-0.2, 0) is 21.4 Å². The predicted molar refractivity (Wildman–Crippen MR) is 122 cm³/mol. The minimum Gasteiger partial charge on any atom is -0.494 e. The molecule has 8 nitrogen and oxygen atoms in total. The van der Waals surface area contributed by atoms with E-state index in [9.17, 15) is 13.2 Å². The van der Waals surface area contributed by atoms with E-state index in [-0.39, 0.29) is 23.9 Å². The summed E-state index contributed by atoms with van der Waals surface area (Å²) < 4.78 is 39.2. The first-order valence-electron chi connectivity index (χ1n) is 10.9. The topological polar surface area (TPSA) is 88.2 Å². The summed E-state index contributed by atoms with van der Waals surface area (Å²) in [6.45, 7) is 7.13. The molecule has 0 radical (unpaired) electrons. The lowest BCUT2D eigenvalue weighted by Gasteiger charge is -2.30. The van der Waals surface area contributed by atoms with E-state index in [1.165, 1.54) is 16.4 Å². The summed E-state index contributed by atoms with van der Waals surface area (Å²) in [5.41, 5.74) is 0.749. The van der Waals surface area contributed by atoms with Gasteiger partial charge in [-0.3, -0.25) is 4.79 Å². The summed E-state index contributed by atoms with van der Waals surface area (Å²) in [5, 5.41) is 3.20. The number of amides is 1. The predicted octanol–water partition coefficient (Wildman–Crippen LogP) is 2.11. The third-order valence-corrected chi connectivity index (χ3v) is 6.93. The molecule has 0 unspecified atom stereocenters. The largest absolute Gasteiger partial charge is 0.494 e. The number of rotatable bonds is 10. The molecule has 3 rings (SSSR count). The molecule has 1 N–H and O–H groups in total. The fraction of sp³-hybridized carbons (Fsp3) is 0.435. The molecule has 0 aliphatic carbocycles. The van der Waals surface area contributed by atoms with Crippen LogP contribution in [0.3, 0.4) is 0 Å². The second kappa shape index (κ2) is 11.3. The number of hydrogen-bond donors (Lipinski definition) is 1. The lowest BCUT2D eigenvalue weighted by molar-refractivity contribution is -0.132. The van der Waals surface area contributed by atoms with Crippen molar-refractivity contribution in [3.8, 4) is 11.5 Å².